The molecule has 0 saturated carbocycles. The highest BCUT2D eigenvalue weighted by molar-refractivity contribution is 5.57. The lowest BCUT2D eigenvalue weighted by Crippen LogP contribution is -1.94. The molecule has 76 valence electrons. The predicted molar refractivity (Wildman–Crippen MR) is 59.9 cm³/mol. The lowest BCUT2D eigenvalue weighted by molar-refractivity contribution is 0.479. The third-order valence-electron chi connectivity index (χ3n) is 2.10. The number of hydrogen-bond acceptors (Lipinski definition) is 3. The third kappa shape index (κ3) is 2.07. The van der Waals surface area contributed by atoms with E-state index in [1.54, 1.807) is 12.4 Å². The van der Waals surface area contributed by atoms with Crippen LogP contribution < -0.4 is 10.5 Å². The standard InChI is InChI=1S/C12H12N2O/c1-9-4-2-6-11(13)12(9)15-10-5-3-7-14-8-10/h2-8H,13H2,1H3. The minimum absolute atomic E-state index is 0.638. The summed E-state index contributed by atoms with van der Waals surface area (Å²) in [6.07, 6.45) is 3.36. The molecular formula is C12H12N2O. The lowest BCUT2D eigenvalue weighted by Gasteiger charge is -2.10. The number of anilines is 1. The van der Waals surface area contributed by atoms with E-state index in [4.69, 9.17) is 10.5 Å². The summed E-state index contributed by atoms with van der Waals surface area (Å²) in [4.78, 5) is 3.97. The van der Waals surface area contributed by atoms with E-state index in [9.17, 15) is 0 Å². The van der Waals surface area contributed by atoms with Gasteiger partial charge in [0.15, 0.2) is 5.75 Å². The van der Waals surface area contributed by atoms with E-state index in [1.807, 2.05) is 37.3 Å². The second-order valence-electron chi connectivity index (χ2n) is 3.28. The van der Waals surface area contributed by atoms with Gasteiger partial charge >= 0.3 is 0 Å². The SMILES string of the molecule is Cc1cccc(N)c1Oc1cccnc1. The van der Waals surface area contributed by atoms with E-state index in [0.29, 0.717) is 17.2 Å². The van der Waals surface area contributed by atoms with Crippen LogP contribution in [-0.4, -0.2) is 4.98 Å². The molecule has 0 fully saturated rings. The Morgan fingerprint density at radius 1 is 1.20 bits per heavy atom. The van der Waals surface area contributed by atoms with Crippen molar-refractivity contribution in [1.29, 1.82) is 0 Å². The molecule has 1 aromatic carbocycles. The number of para-hydroxylation sites is 1. The van der Waals surface area contributed by atoms with Gasteiger partial charge in [-0.1, -0.05) is 12.1 Å². The molecule has 3 heteroatoms. The molecule has 0 aliphatic heterocycles. The molecule has 2 N–H and O–H groups in total. The highest BCUT2D eigenvalue weighted by Gasteiger charge is 2.04. The number of hydrogen-bond donors (Lipinski definition) is 1. The molecule has 0 aliphatic rings. The molecular weight excluding hydrogens is 188 g/mol. The van der Waals surface area contributed by atoms with Gasteiger partial charge in [-0.05, 0) is 30.7 Å². The number of benzene rings is 1. The van der Waals surface area contributed by atoms with Crippen molar-refractivity contribution < 1.29 is 4.74 Å². The van der Waals surface area contributed by atoms with E-state index in [1.165, 1.54) is 0 Å². The molecule has 0 bridgehead atoms. The van der Waals surface area contributed by atoms with Crippen LogP contribution in [0.3, 0.4) is 0 Å². The van der Waals surface area contributed by atoms with Gasteiger partial charge in [-0.25, -0.2) is 0 Å². The second-order valence-corrected chi connectivity index (χ2v) is 3.28. The Hall–Kier alpha value is -2.03. The maximum absolute atomic E-state index is 5.82. The van der Waals surface area contributed by atoms with Crippen LogP contribution in [0, 0.1) is 6.92 Å². The van der Waals surface area contributed by atoms with Crippen molar-refractivity contribution in [1.82, 2.24) is 4.98 Å². The Morgan fingerprint density at radius 2 is 2.07 bits per heavy atom. The summed E-state index contributed by atoms with van der Waals surface area (Å²) in [7, 11) is 0. The molecule has 0 saturated heterocycles. The number of ether oxygens (including phenoxy) is 1. The molecule has 0 aliphatic carbocycles. The smallest absolute Gasteiger partial charge is 0.153 e. The van der Waals surface area contributed by atoms with Crippen LogP contribution in [0.15, 0.2) is 42.7 Å². The quantitative estimate of drug-likeness (QED) is 0.758. The molecule has 3 nitrogen and oxygen atoms in total. The first-order chi connectivity index (χ1) is 7.27. The maximum Gasteiger partial charge on any atom is 0.153 e. The van der Waals surface area contributed by atoms with Crippen molar-refractivity contribution in [2.45, 2.75) is 6.92 Å². The normalized spacial score (nSPS) is 9.93. The molecule has 0 unspecified atom stereocenters. The lowest BCUT2D eigenvalue weighted by atomic mass is 10.2. The van der Waals surface area contributed by atoms with E-state index in [0.717, 1.165) is 5.56 Å². The van der Waals surface area contributed by atoms with Gasteiger partial charge in [0, 0.05) is 6.20 Å². The zero-order valence-electron chi connectivity index (χ0n) is 8.47. The molecule has 2 aromatic rings. The van der Waals surface area contributed by atoms with Gasteiger partial charge in [-0.15, -0.1) is 0 Å². The molecule has 0 radical (unpaired) electrons. The zero-order valence-corrected chi connectivity index (χ0v) is 8.47. The Bertz CT molecular complexity index is 434. The molecule has 0 spiro atoms. The fourth-order valence-electron chi connectivity index (χ4n) is 1.34. The molecule has 1 aromatic heterocycles. The van der Waals surface area contributed by atoms with Gasteiger partial charge in [-0.3, -0.25) is 4.98 Å². The van der Waals surface area contributed by atoms with E-state index in [-0.39, 0.29) is 0 Å². The summed E-state index contributed by atoms with van der Waals surface area (Å²) < 4.78 is 5.65. The van der Waals surface area contributed by atoms with Gasteiger partial charge in [-0.2, -0.15) is 0 Å². The van der Waals surface area contributed by atoms with Gasteiger partial charge < -0.3 is 10.5 Å². The molecule has 0 amide bonds. The second kappa shape index (κ2) is 4.00. The van der Waals surface area contributed by atoms with E-state index in [2.05, 4.69) is 4.98 Å². The molecule has 15 heavy (non-hydrogen) atoms. The highest BCUT2D eigenvalue weighted by atomic mass is 16.5. The maximum atomic E-state index is 5.82. The van der Waals surface area contributed by atoms with Crippen molar-refractivity contribution in [3.05, 3.63) is 48.3 Å². The van der Waals surface area contributed by atoms with E-state index < -0.39 is 0 Å². The predicted octanol–water partition coefficient (Wildman–Crippen LogP) is 2.76. The van der Waals surface area contributed by atoms with Gasteiger partial charge in [0.25, 0.3) is 0 Å². The monoisotopic (exact) mass is 200 g/mol. The number of pyridine rings is 1. The Labute approximate surface area is 88.5 Å². The van der Waals surface area contributed by atoms with Crippen LogP contribution in [0.4, 0.5) is 5.69 Å². The van der Waals surface area contributed by atoms with Crippen LogP contribution in [0.25, 0.3) is 0 Å². The summed E-state index contributed by atoms with van der Waals surface area (Å²) >= 11 is 0. The minimum atomic E-state index is 0.638. The summed E-state index contributed by atoms with van der Waals surface area (Å²) in [5.74, 6) is 1.39. The number of rotatable bonds is 2. The first-order valence-electron chi connectivity index (χ1n) is 4.70. The Morgan fingerprint density at radius 3 is 2.73 bits per heavy atom. The average molecular weight is 200 g/mol. The van der Waals surface area contributed by atoms with Gasteiger partial charge in [0.1, 0.15) is 5.75 Å². The van der Waals surface area contributed by atoms with Crippen LogP contribution in [0.2, 0.25) is 0 Å². The van der Waals surface area contributed by atoms with Crippen LogP contribution >= 0.6 is 0 Å². The number of nitrogens with two attached hydrogens (primary N) is 1. The fourth-order valence-corrected chi connectivity index (χ4v) is 1.34. The molecule has 0 atom stereocenters. The number of aromatic nitrogens is 1. The van der Waals surface area contributed by atoms with Crippen molar-refractivity contribution in [3.63, 3.8) is 0 Å². The topological polar surface area (TPSA) is 48.1 Å². The highest BCUT2D eigenvalue weighted by Crippen LogP contribution is 2.29. The van der Waals surface area contributed by atoms with Gasteiger partial charge in [0.05, 0.1) is 11.9 Å². The molecule has 2 rings (SSSR count). The van der Waals surface area contributed by atoms with Crippen LogP contribution in [0.1, 0.15) is 5.56 Å². The van der Waals surface area contributed by atoms with Gasteiger partial charge in [0.2, 0.25) is 0 Å². The summed E-state index contributed by atoms with van der Waals surface area (Å²) in [6.45, 7) is 1.96. The largest absolute Gasteiger partial charge is 0.453 e. The Kier molecular flexibility index (Phi) is 2.54. The molecule has 1 heterocycles. The summed E-state index contributed by atoms with van der Waals surface area (Å²) in [5.41, 5.74) is 7.47. The zero-order chi connectivity index (χ0) is 10.7. The fraction of sp³-hybridized carbons (Fsp3) is 0.0833. The van der Waals surface area contributed by atoms with Crippen molar-refractivity contribution in [2.75, 3.05) is 5.73 Å². The van der Waals surface area contributed by atoms with Crippen molar-refractivity contribution in [2.24, 2.45) is 0 Å². The number of nitrogen functional groups attached to an aromatic ring is 1. The summed E-state index contributed by atoms with van der Waals surface area (Å²) in [6, 6.07) is 9.35. The first kappa shape index (κ1) is 9.52. The average Bonchev–Trinajstić information content (AvgIpc) is 2.25. The number of aryl methyl sites for hydroxylation is 1. The summed E-state index contributed by atoms with van der Waals surface area (Å²) in [5, 5.41) is 0. The van der Waals surface area contributed by atoms with Crippen LogP contribution in [0.5, 0.6) is 11.5 Å². The van der Waals surface area contributed by atoms with Crippen LogP contribution in [-0.2, 0) is 0 Å². The van der Waals surface area contributed by atoms with Crippen molar-refractivity contribution in [3.8, 4) is 11.5 Å². The number of nitrogens with zero attached hydrogens (tertiary/aromatic N) is 1. The minimum Gasteiger partial charge on any atom is -0.453 e. The first-order valence-corrected chi connectivity index (χ1v) is 4.70. The van der Waals surface area contributed by atoms with E-state index >= 15 is 0 Å². The van der Waals surface area contributed by atoms with Crippen molar-refractivity contribution >= 4 is 5.69 Å². The Balaban J connectivity index is 2.32. The third-order valence-corrected chi connectivity index (χ3v) is 2.10.